The molecule has 0 bridgehead atoms. The number of carbonyl (C=O) groups is 1. The lowest BCUT2D eigenvalue weighted by Gasteiger charge is -2.33. The Balaban J connectivity index is 1.84. The molecule has 1 aliphatic rings. The van der Waals surface area contributed by atoms with Crippen molar-refractivity contribution < 1.29 is 9.53 Å². The summed E-state index contributed by atoms with van der Waals surface area (Å²) in [6.45, 7) is 1.82. The zero-order valence-corrected chi connectivity index (χ0v) is 14.2. The van der Waals surface area contributed by atoms with Gasteiger partial charge in [0, 0.05) is 24.7 Å². The minimum Gasteiger partial charge on any atom is -0.377 e. The quantitative estimate of drug-likeness (QED) is 0.710. The average molecular weight is 352 g/mol. The summed E-state index contributed by atoms with van der Waals surface area (Å²) in [5.74, 6) is 0.283. The topological polar surface area (TPSA) is 112 Å². The van der Waals surface area contributed by atoms with Gasteiger partial charge < -0.3 is 21.1 Å². The van der Waals surface area contributed by atoms with Crippen LogP contribution in [0.2, 0.25) is 0 Å². The first kappa shape index (κ1) is 16.5. The summed E-state index contributed by atoms with van der Waals surface area (Å²) < 4.78 is 7.25. The SMILES string of the molecule is NCc1ccc(-n2nc(N3CCOCC3C(N)=O)c3ccncc32)cc1. The van der Waals surface area contributed by atoms with Crippen molar-refractivity contribution in [1.82, 2.24) is 14.8 Å². The van der Waals surface area contributed by atoms with E-state index in [4.69, 9.17) is 21.3 Å². The second-order valence-electron chi connectivity index (χ2n) is 6.19. The molecule has 1 saturated heterocycles. The van der Waals surface area contributed by atoms with E-state index >= 15 is 0 Å². The Bertz CT molecular complexity index is 937. The highest BCUT2D eigenvalue weighted by molar-refractivity contribution is 5.94. The monoisotopic (exact) mass is 352 g/mol. The zero-order chi connectivity index (χ0) is 18.1. The van der Waals surface area contributed by atoms with E-state index in [9.17, 15) is 4.79 Å². The van der Waals surface area contributed by atoms with E-state index in [1.807, 2.05) is 39.9 Å². The van der Waals surface area contributed by atoms with Crippen LogP contribution in [0.25, 0.3) is 16.6 Å². The van der Waals surface area contributed by atoms with Crippen molar-refractivity contribution in [2.45, 2.75) is 12.6 Å². The molecule has 3 aromatic rings. The molecule has 0 spiro atoms. The van der Waals surface area contributed by atoms with Gasteiger partial charge in [-0.3, -0.25) is 9.78 Å². The van der Waals surface area contributed by atoms with Gasteiger partial charge in [0.25, 0.3) is 0 Å². The fourth-order valence-electron chi connectivity index (χ4n) is 3.22. The number of nitrogens with zero attached hydrogens (tertiary/aromatic N) is 4. The summed E-state index contributed by atoms with van der Waals surface area (Å²) in [4.78, 5) is 18.0. The number of carbonyl (C=O) groups excluding carboxylic acids is 1. The second-order valence-corrected chi connectivity index (χ2v) is 6.19. The zero-order valence-electron chi connectivity index (χ0n) is 14.2. The Hall–Kier alpha value is -2.97. The number of ether oxygens (including phenoxy) is 1. The Morgan fingerprint density at radius 1 is 1.27 bits per heavy atom. The van der Waals surface area contributed by atoms with E-state index in [2.05, 4.69) is 4.98 Å². The molecule has 4 rings (SSSR count). The van der Waals surface area contributed by atoms with Crippen LogP contribution in [0.15, 0.2) is 42.7 Å². The van der Waals surface area contributed by atoms with Crippen LogP contribution >= 0.6 is 0 Å². The van der Waals surface area contributed by atoms with E-state index in [-0.39, 0.29) is 6.61 Å². The predicted octanol–water partition coefficient (Wildman–Crippen LogP) is 0.570. The van der Waals surface area contributed by atoms with E-state index in [0.717, 1.165) is 22.2 Å². The molecule has 1 atom stereocenters. The average Bonchev–Trinajstić information content (AvgIpc) is 3.07. The lowest BCUT2D eigenvalue weighted by Crippen LogP contribution is -2.52. The number of benzene rings is 1. The summed E-state index contributed by atoms with van der Waals surface area (Å²) in [5, 5.41) is 5.69. The molecule has 1 unspecified atom stereocenters. The number of aromatic nitrogens is 3. The number of nitrogens with two attached hydrogens (primary N) is 2. The minimum absolute atomic E-state index is 0.264. The number of amides is 1. The number of fused-ring (bicyclic) bond motifs is 1. The van der Waals surface area contributed by atoms with Gasteiger partial charge >= 0.3 is 0 Å². The summed E-state index contributed by atoms with van der Waals surface area (Å²) in [6.07, 6.45) is 3.48. The molecular weight excluding hydrogens is 332 g/mol. The fraction of sp³-hybridized carbons (Fsp3) is 0.278. The van der Waals surface area contributed by atoms with Gasteiger partial charge in [-0.25, -0.2) is 4.68 Å². The summed E-state index contributed by atoms with van der Waals surface area (Å²) in [6, 6.07) is 9.24. The molecule has 8 nitrogen and oxygen atoms in total. The third kappa shape index (κ3) is 2.79. The van der Waals surface area contributed by atoms with E-state index in [1.165, 1.54) is 0 Å². The minimum atomic E-state index is -0.539. The van der Waals surface area contributed by atoms with Crippen LogP contribution in [0.4, 0.5) is 5.82 Å². The van der Waals surface area contributed by atoms with Crippen LogP contribution in [0.1, 0.15) is 5.56 Å². The maximum Gasteiger partial charge on any atom is 0.242 e. The van der Waals surface area contributed by atoms with Crippen LogP contribution < -0.4 is 16.4 Å². The highest BCUT2D eigenvalue weighted by Crippen LogP contribution is 2.30. The summed E-state index contributed by atoms with van der Waals surface area (Å²) in [7, 11) is 0. The van der Waals surface area contributed by atoms with Crippen molar-refractivity contribution in [3.05, 3.63) is 48.3 Å². The van der Waals surface area contributed by atoms with Crippen molar-refractivity contribution in [3.63, 3.8) is 0 Å². The molecule has 134 valence electrons. The molecular formula is C18H20N6O2. The summed E-state index contributed by atoms with van der Waals surface area (Å²) in [5.41, 5.74) is 14.1. The van der Waals surface area contributed by atoms with E-state index in [0.29, 0.717) is 25.5 Å². The smallest absolute Gasteiger partial charge is 0.242 e. The molecule has 26 heavy (non-hydrogen) atoms. The van der Waals surface area contributed by atoms with Crippen LogP contribution in [0, 0.1) is 0 Å². The van der Waals surface area contributed by atoms with Gasteiger partial charge in [-0.2, -0.15) is 0 Å². The molecule has 1 fully saturated rings. The normalized spacial score (nSPS) is 17.6. The van der Waals surface area contributed by atoms with Gasteiger partial charge in [0.2, 0.25) is 5.91 Å². The third-order valence-corrected chi connectivity index (χ3v) is 4.61. The Kier molecular flexibility index (Phi) is 4.27. The maximum atomic E-state index is 11.9. The van der Waals surface area contributed by atoms with Crippen LogP contribution in [-0.4, -0.2) is 46.5 Å². The van der Waals surface area contributed by atoms with E-state index < -0.39 is 11.9 Å². The molecule has 0 radical (unpaired) electrons. The first-order valence-electron chi connectivity index (χ1n) is 8.45. The number of rotatable bonds is 4. The number of hydrogen-bond donors (Lipinski definition) is 2. The Labute approximate surface area is 150 Å². The molecule has 0 saturated carbocycles. The second kappa shape index (κ2) is 6.74. The first-order chi connectivity index (χ1) is 12.7. The van der Waals surface area contributed by atoms with Gasteiger partial charge in [-0.15, -0.1) is 5.10 Å². The lowest BCUT2D eigenvalue weighted by atomic mass is 10.2. The van der Waals surface area contributed by atoms with Gasteiger partial charge in [0.15, 0.2) is 5.82 Å². The lowest BCUT2D eigenvalue weighted by molar-refractivity contribution is -0.121. The highest BCUT2D eigenvalue weighted by Gasteiger charge is 2.31. The van der Waals surface area contributed by atoms with Crippen molar-refractivity contribution in [3.8, 4) is 5.69 Å². The molecule has 3 heterocycles. The highest BCUT2D eigenvalue weighted by atomic mass is 16.5. The van der Waals surface area contributed by atoms with Crippen molar-refractivity contribution >= 4 is 22.6 Å². The van der Waals surface area contributed by atoms with Crippen LogP contribution in [-0.2, 0) is 16.1 Å². The van der Waals surface area contributed by atoms with Crippen LogP contribution in [0.5, 0.6) is 0 Å². The van der Waals surface area contributed by atoms with E-state index in [1.54, 1.807) is 12.4 Å². The Morgan fingerprint density at radius 3 is 2.81 bits per heavy atom. The molecule has 8 heteroatoms. The van der Waals surface area contributed by atoms with Gasteiger partial charge in [-0.05, 0) is 23.8 Å². The number of morpholine rings is 1. The summed E-state index contributed by atoms with van der Waals surface area (Å²) >= 11 is 0. The third-order valence-electron chi connectivity index (χ3n) is 4.61. The standard InChI is InChI=1S/C18H20N6O2/c19-9-12-1-3-13(4-2-12)24-15-10-21-6-5-14(15)18(22-24)23-7-8-26-11-16(23)17(20)25/h1-6,10,16H,7-9,11,19H2,(H2,20,25). The van der Waals surface area contributed by atoms with Gasteiger partial charge in [-0.1, -0.05) is 12.1 Å². The molecule has 1 aromatic carbocycles. The van der Waals surface area contributed by atoms with Gasteiger partial charge in [0.05, 0.1) is 30.6 Å². The molecule has 1 aliphatic heterocycles. The molecule has 0 aliphatic carbocycles. The number of hydrogen-bond acceptors (Lipinski definition) is 6. The fourth-order valence-corrected chi connectivity index (χ4v) is 3.22. The van der Waals surface area contributed by atoms with Crippen molar-refractivity contribution in [2.75, 3.05) is 24.7 Å². The predicted molar refractivity (Wildman–Crippen MR) is 97.9 cm³/mol. The number of anilines is 1. The maximum absolute atomic E-state index is 11.9. The van der Waals surface area contributed by atoms with Crippen molar-refractivity contribution in [2.24, 2.45) is 11.5 Å². The van der Waals surface area contributed by atoms with Gasteiger partial charge in [0.1, 0.15) is 6.04 Å². The van der Waals surface area contributed by atoms with Crippen molar-refractivity contribution in [1.29, 1.82) is 0 Å². The van der Waals surface area contributed by atoms with Crippen LogP contribution in [0.3, 0.4) is 0 Å². The first-order valence-corrected chi connectivity index (χ1v) is 8.45. The Morgan fingerprint density at radius 2 is 2.08 bits per heavy atom. The molecule has 4 N–H and O–H groups in total. The number of primary amides is 1. The molecule has 2 aromatic heterocycles. The largest absolute Gasteiger partial charge is 0.377 e. The molecule has 1 amide bonds. The number of pyridine rings is 1.